The Balaban J connectivity index is 1.25. The first kappa shape index (κ1) is 26.5. The Kier molecular flexibility index (Phi) is 6.72. The molecule has 2 N–H and O–H groups in total. The predicted molar refractivity (Wildman–Crippen MR) is 142 cm³/mol. The minimum atomic E-state index is -3.46. The molecule has 5 rings (SSSR count). The number of fused-ring (bicyclic) bond motifs is 1. The molecule has 1 saturated heterocycles. The maximum Gasteiger partial charge on any atom is 0.412 e. The number of anilines is 1. The molecule has 1 aromatic heterocycles. The average Bonchev–Trinajstić information content (AvgIpc) is 3.51. The molecule has 1 aromatic carbocycles. The van der Waals surface area contributed by atoms with E-state index < -0.39 is 33.6 Å². The second-order valence-electron chi connectivity index (χ2n) is 9.33. The summed E-state index contributed by atoms with van der Waals surface area (Å²) < 4.78 is 35.2. The number of sulfonamides is 1. The van der Waals surface area contributed by atoms with E-state index in [0.717, 1.165) is 21.7 Å². The molecule has 1 unspecified atom stereocenters. The lowest BCUT2D eigenvalue weighted by atomic mass is 9.75. The van der Waals surface area contributed by atoms with Crippen LogP contribution in [0.15, 0.2) is 81.6 Å². The Bertz CT molecular complexity index is 1680. The Morgan fingerprint density at radius 2 is 1.90 bits per heavy atom. The van der Waals surface area contributed by atoms with Gasteiger partial charge in [-0.3, -0.25) is 10.1 Å². The molecule has 3 aliphatic rings. The van der Waals surface area contributed by atoms with Gasteiger partial charge in [-0.25, -0.2) is 13.2 Å². The molecule has 39 heavy (non-hydrogen) atoms. The van der Waals surface area contributed by atoms with Crippen molar-refractivity contribution in [2.24, 2.45) is 5.41 Å². The van der Waals surface area contributed by atoms with Crippen LogP contribution in [0.5, 0.6) is 0 Å². The highest BCUT2D eigenvalue weighted by Gasteiger charge is 2.55. The first-order chi connectivity index (χ1) is 18.5. The molecule has 200 valence electrons. The van der Waals surface area contributed by atoms with Crippen molar-refractivity contribution in [3.8, 4) is 11.8 Å². The van der Waals surface area contributed by atoms with E-state index in [0.29, 0.717) is 21.7 Å². The molecule has 0 spiro atoms. The SMILES string of the molecule is CC(OC(=O)Nc1cnoc1C#CC1=CC2=CC(C3(C(=O)O)CN(S(C)(=O)=O)C3)=CC2=C1)c1ccccc1Cl. The van der Waals surface area contributed by atoms with Crippen LogP contribution in [0.4, 0.5) is 10.5 Å². The number of carbonyl (C=O) groups is 2. The first-order valence-electron chi connectivity index (χ1n) is 11.7. The van der Waals surface area contributed by atoms with Crippen LogP contribution >= 0.6 is 11.6 Å². The Morgan fingerprint density at radius 3 is 2.56 bits per heavy atom. The Labute approximate surface area is 229 Å². The molecule has 1 fully saturated rings. The first-order valence-corrected chi connectivity index (χ1v) is 13.9. The molecule has 0 bridgehead atoms. The molecule has 12 heteroatoms. The van der Waals surface area contributed by atoms with Crippen molar-refractivity contribution in [3.63, 3.8) is 0 Å². The van der Waals surface area contributed by atoms with E-state index in [4.69, 9.17) is 20.9 Å². The van der Waals surface area contributed by atoms with E-state index in [1.807, 2.05) is 0 Å². The Morgan fingerprint density at radius 1 is 1.18 bits per heavy atom. The molecular weight excluding hydrogens is 546 g/mol. The third-order valence-electron chi connectivity index (χ3n) is 6.66. The fourth-order valence-electron chi connectivity index (χ4n) is 4.47. The smallest absolute Gasteiger partial charge is 0.412 e. The van der Waals surface area contributed by atoms with Crippen molar-refractivity contribution in [1.82, 2.24) is 9.46 Å². The van der Waals surface area contributed by atoms with Crippen LogP contribution in [-0.4, -0.2) is 54.4 Å². The quantitative estimate of drug-likeness (QED) is 0.498. The molecule has 1 aliphatic heterocycles. The van der Waals surface area contributed by atoms with Gasteiger partial charge in [-0.05, 0) is 59.9 Å². The third kappa shape index (κ3) is 5.14. The van der Waals surface area contributed by atoms with E-state index in [-0.39, 0.29) is 24.5 Å². The second kappa shape index (κ2) is 9.89. The number of halogens is 1. The van der Waals surface area contributed by atoms with E-state index in [1.54, 1.807) is 55.5 Å². The number of nitrogens with one attached hydrogen (secondary N) is 1. The standard InChI is InChI=1S/C27H22ClN3O7S/c1-16(21-5-3-4-6-22(21)28)37-26(34)30-23-13-29-38-24(23)8-7-17-9-18-11-20(12-19(18)10-17)27(25(32)33)14-31(15-27)39(2,35)36/h3-6,9-13,16H,14-15H2,1-2H3,(H,30,34)(H,32,33). The van der Waals surface area contributed by atoms with Gasteiger partial charge >= 0.3 is 12.1 Å². The van der Waals surface area contributed by atoms with Gasteiger partial charge in [0.15, 0.2) is 0 Å². The maximum absolute atomic E-state index is 12.4. The molecule has 0 saturated carbocycles. The number of amides is 1. The summed E-state index contributed by atoms with van der Waals surface area (Å²) in [7, 11) is -3.46. The lowest BCUT2D eigenvalue weighted by Gasteiger charge is -2.46. The molecule has 1 amide bonds. The summed E-state index contributed by atoms with van der Waals surface area (Å²) in [6.07, 6.45) is 8.11. The third-order valence-corrected chi connectivity index (χ3v) is 8.20. The number of nitrogens with zero attached hydrogens (tertiary/aromatic N) is 2. The number of carboxylic acid groups (broad SMARTS) is 1. The number of aromatic nitrogens is 1. The molecule has 1 atom stereocenters. The van der Waals surface area contributed by atoms with Gasteiger partial charge in [0.25, 0.3) is 0 Å². The van der Waals surface area contributed by atoms with Crippen molar-refractivity contribution in [2.45, 2.75) is 13.0 Å². The minimum Gasteiger partial charge on any atom is -0.481 e. The lowest BCUT2D eigenvalue weighted by molar-refractivity contribution is -0.152. The largest absolute Gasteiger partial charge is 0.481 e. The van der Waals surface area contributed by atoms with Crippen LogP contribution in [0.25, 0.3) is 0 Å². The van der Waals surface area contributed by atoms with E-state index in [9.17, 15) is 23.1 Å². The van der Waals surface area contributed by atoms with Gasteiger partial charge in [0.1, 0.15) is 17.2 Å². The zero-order chi connectivity index (χ0) is 27.9. The number of carbonyl (C=O) groups excluding carboxylic acids is 1. The summed E-state index contributed by atoms with van der Waals surface area (Å²) in [5.74, 6) is 4.83. The van der Waals surface area contributed by atoms with Gasteiger partial charge in [0.2, 0.25) is 15.8 Å². The second-order valence-corrected chi connectivity index (χ2v) is 11.7. The van der Waals surface area contributed by atoms with Gasteiger partial charge in [-0.15, -0.1) is 0 Å². The highest BCUT2D eigenvalue weighted by Crippen LogP contribution is 2.45. The summed E-state index contributed by atoms with van der Waals surface area (Å²) in [5.41, 5.74) is 2.36. The summed E-state index contributed by atoms with van der Waals surface area (Å²) >= 11 is 6.16. The number of aliphatic carboxylic acids is 1. The zero-order valence-corrected chi connectivity index (χ0v) is 22.3. The number of carboxylic acids is 1. The molecular formula is C27H22ClN3O7S. The van der Waals surface area contributed by atoms with Crippen LogP contribution in [0, 0.1) is 17.3 Å². The number of hydrogen-bond acceptors (Lipinski definition) is 7. The molecule has 10 nitrogen and oxygen atoms in total. The predicted octanol–water partition coefficient (Wildman–Crippen LogP) is 4.07. The van der Waals surface area contributed by atoms with Gasteiger partial charge in [0.05, 0.1) is 12.5 Å². The van der Waals surface area contributed by atoms with E-state index >= 15 is 0 Å². The number of benzene rings is 1. The molecule has 2 aliphatic carbocycles. The normalized spacial score (nSPS) is 18.3. The van der Waals surface area contributed by atoms with Crippen LogP contribution < -0.4 is 5.32 Å². The van der Waals surface area contributed by atoms with Crippen molar-refractivity contribution < 1.29 is 32.4 Å². The molecule has 0 radical (unpaired) electrons. The van der Waals surface area contributed by atoms with Gasteiger partial charge in [0, 0.05) is 29.2 Å². The lowest BCUT2D eigenvalue weighted by Crippen LogP contribution is -2.62. The summed E-state index contributed by atoms with van der Waals surface area (Å²) in [5, 5.41) is 16.6. The van der Waals surface area contributed by atoms with Gasteiger partial charge in [-0.1, -0.05) is 40.9 Å². The molecule has 2 aromatic rings. The van der Waals surface area contributed by atoms with Crippen LogP contribution in [0.2, 0.25) is 5.02 Å². The fraction of sp³-hybridized carbons (Fsp3) is 0.222. The van der Waals surface area contributed by atoms with Crippen LogP contribution in [0.1, 0.15) is 24.4 Å². The highest BCUT2D eigenvalue weighted by atomic mass is 35.5. The fourth-order valence-corrected chi connectivity index (χ4v) is 5.67. The number of allylic oxidation sites excluding steroid dienone is 7. The summed E-state index contributed by atoms with van der Waals surface area (Å²) in [4.78, 5) is 24.4. The maximum atomic E-state index is 12.4. The van der Waals surface area contributed by atoms with Gasteiger partial charge < -0.3 is 14.4 Å². The van der Waals surface area contributed by atoms with Crippen LogP contribution in [0.3, 0.4) is 0 Å². The van der Waals surface area contributed by atoms with Crippen molar-refractivity contribution in [3.05, 3.63) is 93.4 Å². The van der Waals surface area contributed by atoms with E-state index in [2.05, 4.69) is 22.3 Å². The summed E-state index contributed by atoms with van der Waals surface area (Å²) in [6, 6.07) is 7.05. The van der Waals surface area contributed by atoms with Gasteiger partial charge in [-0.2, -0.15) is 4.31 Å². The van der Waals surface area contributed by atoms with Crippen molar-refractivity contribution in [2.75, 3.05) is 24.7 Å². The minimum absolute atomic E-state index is 0.110. The molecule has 2 heterocycles. The zero-order valence-electron chi connectivity index (χ0n) is 20.8. The van der Waals surface area contributed by atoms with E-state index in [1.165, 1.54) is 6.20 Å². The Hall–Kier alpha value is -4.11. The number of ether oxygens (including phenoxy) is 1. The summed E-state index contributed by atoms with van der Waals surface area (Å²) in [6.45, 7) is 1.48. The average molecular weight is 568 g/mol. The highest BCUT2D eigenvalue weighted by molar-refractivity contribution is 7.88. The van der Waals surface area contributed by atoms with Crippen molar-refractivity contribution >= 4 is 39.4 Å². The monoisotopic (exact) mass is 567 g/mol. The topological polar surface area (TPSA) is 139 Å². The van der Waals surface area contributed by atoms with Crippen molar-refractivity contribution in [1.29, 1.82) is 0 Å². The number of hydrogen-bond donors (Lipinski definition) is 2. The van der Waals surface area contributed by atoms with Crippen LogP contribution in [-0.2, 0) is 19.6 Å². The number of rotatable bonds is 6.